The average molecular weight is 453 g/mol. The van der Waals surface area contributed by atoms with Gasteiger partial charge in [-0.1, -0.05) is 12.1 Å². The first-order chi connectivity index (χ1) is 16.4. The van der Waals surface area contributed by atoms with Crippen LogP contribution in [0.15, 0.2) is 66.4 Å². The monoisotopic (exact) mass is 453 g/mol. The van der Waals surface area contributed by atoms with E-state index in [1.165, 1.54) is 14.2 Å². The highest BCUT2D eigenvalue weighted by Gasteiger charge is 2.40. The predicted molar refractivity (Wildman–Crippen MR) is 130 cm³/mol. The van der Waals surface area contributed by atoms with Gasteiger partial charge >= 0.3 is 0 Å². The summed E-state index contributed by atoms with van der Waals surface area (Å²) in [7, 11) is 3.04. The highest BCUT2D eigenvalue weighted by atomic mass is 16.5. The third-order valence-electron chi connectivity index (χ3n) is 5.79. The van der Waals surface area contributed by atoms with Crippen LogP contribution in [0.3, 0.4) is 0 Å². The Kier molecular flexibility index (Phi) is 6.07. The van der Waals surface area contributed by atoms with Crippen molar-refractivity contribution >= 4 is 28.8 Å². The number of methoxy groups -OCH3 is 2. The first-order valence-electron chi connectivity index (χ1n) is 10.6. The third-order valence-corrected chi connectivity index (χ3v) is 5.79. The van der Waals surface area contributed by atoms with Crippen molar-refractivity contribution in [2.75, 3.05) is 24.4 Å². The number of amides is 2. The number of hydrogen-bond acceptors (Lipinski definition) is 6. The molecule has 0 saturated carbocycles. The van der Waals surface area contributed by atoms with Crippen molar-refractivity contribution in [3.05, 3.63) is 88.6 Å². The lowest BCUT2D eigenvalue weighted by Gasteiger charge is -2.15. The van der Waals surface area contributed by atoms with Crippen molar-refractivity contribution in [1.82, 2.24) is 0 Å². The van der Waals surface area contributed by atoms with E-state index < -0.39 is 11.8 Å². The summed E-state index contributed by atoms with van der Waals surface area (Å²) in [4.78, 5) is 28.3. The molecule has 4 rings (SSSR count). The Labute approximate surface area is 197 Å². The second-order valence-electron chi connectivity index (χ2n) is 7.85. The number of imide groups is 1. The third kappa shape index (κ3) is 3.97. The molecule has 3 aromatic rings. The van der Waals surface area contributed by atoms with Crippen LogP contribution in [-0.4, -0.2) is 26.0 Å². The summed E-state index contributed by atoms with van der Waals surface area (Å²) in [5, 5.41) is 12.3. The highest BCUT2D eigenvalue weighted by molar-refractivity contribution is 6.46. The normalized spacial score (nSPS) is 13.2. The van der Waals surface area contributed by atoms with Crippen LogP contribution in [0.4, 0.5) is 11.4 Å². The lowest BCUT2D eigenvalue weighted by atomic mass is 10.0. The smallest absolute Gasteiger partial charge is 0.282 e. The maximum Gasteiger partial charge on any atom is 0.282 e. The van der Waals surface area contributed by atoms with Crippen LogP contribution in [0, 0.1) is 25.2 Å². The second kappa shape index (κ2) is 9.12. The number of carbonyl (C=O) groups is 2. The predicted octanol–water partition coefficient (Wildman–Crippen LogP) is 4.59. The van der Waals surface area contributed by atoms with Crippen LogP contribution >= 0.6 is 0 Å². The van der Waals surface area contributed by atoms with Crippen molar-refractivity contribution in [3.63, 3.8) is 0 Å². The second-order valence-corrected chi connectivity index (χ2v) is 7.85. The number of nitriles is 1. The van der Waals surface area contributed by atoms with Gasteiger partial charge in [0.2, 0.25) is 0 Å². The lowest BCUT2D eigenvalue weighted by molar-refractivity contribution is -0.120. The van der Waals surface area contributed by atoms with E-state index in [2.05, 4.69) is 5.32 Å². The topological polar surface area (TPSA) is 91.7 Å². The molecule has 0 aromatic heterocycles. The van der Waals surface area contributed by atoms with E-state index >= 15 is 0 Å². The molecule has 0 aliphatic carbocycles. The van der Waals surface area contributed by atoms with Crippen molar-refractivity contribution in [3.8, 4) is 17.6 Å². The first-order valence-corrected chi connectivity index (χ1v) is 10.6. The molecule has 1 heterocycles. The highest BCUT2D eigenvalue weighted by Crippen LogP contribution is 2.37. The quantitative estimate of drug-likeness (QED) is 0.549. The van der Waals surface area contributed by atoms with E-state index in [0.29, 0.717) is 34.0 Å². The average Bonchev–Trinajstić information content (AvgIpc) is 3.10. The summed E-state index contributed by atoms with van der Waals surface area (Å²) < 4.78 is 10.7. The van der Waals surface area contributed by atoms with Gasteiger partial charge in [0.25, 0.3) is 11.8 Å². The molecule has 7 nitrogen and oxygen atoms in total. The largest absolute Gasteiger partial charge is 0.493 e. The molecule has 170 valence electrons. The Morgan fingerprint density at radius 2 is 1.53 bits per heavy atom. The number of nitrogens with zero attached hydrogens (tertiary/aromatic N) is 2. The van der Waals surface area contributed by atoms with Crippen LogP contribution in [0.5, 0.6) is 11.5 Å². The Morgan fingerprint density at radius 3 is 2.15 bits per heavy atom. The molecule has 0 saturated heterocycles. The number of carbonyl (C=O) groups excluding carboxylic acids is 2. The Balaban J connectivity index is 1.85. The molecule has 0 bridgehead atoms. The van der Waals surface area contributed by atoms with Gasteiger partial charge in [-0.25, -0.2) is 4.90 Å². The Morgan fingerprint density at radius 1 is 0.824 bits per heavy atom. The summed E-state index contributed by atoms with van der Waals surface area (Å²) in [6.45, 7) is 3.99. The van der Waals surface area contributed by atoms with Crippen molar-refractivity contribution < 1.29 is 19.1 Å². The maximum absolute atomic E-state index is 13.6. The zero-order valence-corrected chi connectivity index (χ0v) is 19.3. The summed E-state index contributed by atoms with van der Waals surface area (Å²) in [5.41, 5.74) is 4.57. The minimum Gasteiger partial charge on any atom is -0.493 e. The van der Waals surface area contributed by atoms with E-state index in [1.807, 2.05) is 38.1 Å². The Bertz CT molecular complexity index is 1370. The molecular weight excluding hydrogens is 430 g/mol. The number of ether oxygens (including phenoxy) is 2. The van der Waals surface area contributed by atoms with E-state index in [-0.39, 0.29) is 11.3 Å². The van der Waals surface area contributed by atoms with E-state index in [4.69, 9.17) is 14.7 Å². The molecule has 0 atom stereocenters. The van der Waals surface area contributed by atoms with Crippen molar-refractivity contribution in [2.24, 2.45) is 0 Å². The van der Waals surface area contributed by atoms with Crippen LogP contribution in [0.1, 0.15) is 22.3 Å². The molecule has 3 aromatic carbocycles. The molecule has 1 aliphatic rings. The minimum absolute atomic E-state index is 0.157. The number of aryl methyl sites for hydroxylation is 2. The number of anilines is 2. The molecule has 0 fully saturated rings. The van der Waals surface area contributed by atoms with Gasteiger partial charge in [-0.05, 0) is 79.1 Å². The van der Waals surface area contributed by atoms with Gasteiger partial charge in [0.1, 0.15) is 5.70 Å². The number of nitrogens with one attached hydrogen (secondary N) is 1. The van der Waals surface area contributed by atoms with Crippen molar-refractivity contribution in [2.45, 2.75) is 13.8 Å². The van der Waals surface area contributed by atoms with Crippen molar-refractivity contribution in [1.29, 1.82) is 5.26 Å². The van der Waals surface area contributed by atoms with Gasteiger partial charge < -0.3 is 14.8 Å². The molecule has 34 heavy (non-hydrogen) atoms. The fourth-order valence-corrected chi connectivity index (χ4v) is 3.79. The van der Waals surface area contributed by atoms with E-state index in [1.54, 1.807) is 42.5 Å². The fourth-order valence-electron chi connectivity index (χ4n) is 3.79. The molecule has 1 N–H and O–H groups in total. The Hall–Kier alpha value is -4.57. The van der Waals surface area contributed by atoms with Gasteiger partial charge in [-0.2, -0.15) is 5.26 Å². The number of benzene rings is 3. The molecule has 1 aliphatic heterocycles. The SMILES string of the molecule is COc1ccc(C2=C(Nc3ccc(C)c(C)c3)C(=O)N(c3ccc(C#N)cc3)C2=O)cc1OC. The van der Waals surface area contributed by atoms with Gasteiger partial charge in [0, 0.05) is 5.69 Å². The first kappa shape index (κ1) is 22.6. The van der Waals surface area contributed by atoms with Gasteiger partial charge in [-0.15, -0.1) is 0 Å². The fraction of sp³-hybridized carbons (Fsp3) is 0.148. The molecular formula is C27H23N3O4. The zero-order valence-electron chi connectivity index (χ0n) is 19.3. The van der Waals surface area contributed by atoms with E-state index in [9.17, 15) is 9.59 Å². The summed E-state index contributed by atoms with van der Waals surface area (Å²) >= 11 is 0. The lowest BCUT2D eigenvalue weighted by Crippen LogP contribution is -2.32. The van der Waals surface area contributed by atoms with E-state index in [0.717, 1.165) is 16.0 Å². The summed E-state index contributed by atoms with van der Waals surface area (Å²) in [6, 6.07) is 19.2. The van der Waals surface area contributed by atoms with Gasteiger partial charge in [0.15, 0.2) is 11.5 Å². The molecule has 0 radical (unpaired) electrons. The van der Waals surface area contributed by atoms with Crippen LogP contribution in [-0.2, 0) is 9.59 Å². The van der Waals surface area contributed by atoms with Gasteiger partial charge in [-0.3, -0.25) is 9.59 Å². The number of rotatable bonds is 6. The standard InChI is InChI=1S/C27H23N3O4/c1-16-5-9-20(13-17(16)2)29-25-24(19-8-12-22(33-3)23(14-19)34-4)26(31)30(27(25)32)21-10-6-18(15-28)7-11-21/h5-14,29H,1-4H3. The molecule has 0 unspecified atom stereocenters. The summed E-state index contributed by atoms with van der Waals surface area (Å²) in [5.74, 6) is -0.0164. The zero-order chi connectivity index (χ0) is 24.4. The molecule has 0 spiro atoms. The minimum atomic E-state index is -0.488. The van der Waals surface area contributed by atoms with Crippen LogP contribution in [0.2, 0.25) is 0 Å². The van der Waals surface area contributed by atoms with Crippen LogP contribution in [0.25, 0.3) is 5.57 Å². The van der Waals surface area contributed by atoms with Crippen LogP contribution < -0.4 is 19.7 Å². The molecule has 7 heteroatoms. The maximum atomic E-state index is 13.6. The number of hydrogen-bond donors (Lipinski definition) is 1. The van der Waals surface area contributed by atoms with Gasteiger partial charge in [0.05, 0.1) is 37.1 Å². The summed E-state index contributed by atoms with van der Waals surface area (Å²) in [6.07, 6.45) is 0. The molecule has 2 amide bonds.